The zero-order valence-electron chi connectivity index (χ0n) is 13.6. The molecule has 122 valence electrons. The highest BCUT2D eigenvalue weighted by atomic mass is 32.2. The number of aliphatic hydroxyl groups is 2. The maximum atomic E-state index is 10.1. The molecular weight excluding hydrogens is 292 g/mol. The molecule has 0 heterocycles. The van der Waals surface area contributed by atoms with E-state index in [1.54, 1.807) is 23.5 Å². The average molecular weight is 325 g/mol. The lowest BCUT2D eigenvalue weighted by Crippen LogP contribution is -2.53. The van der Waals surface area contributed by atoms with Gasteiger partial charge in [0.15, 0.2) is 0 Å². The molecule has 20 heavy (non-hydrogen) atoms. The van der Waals surface area contributed by atoms with Gasteiger partial charge in [-0.3, -0.25) is 0 Å². The van der Waals surface area contributed by atoms with E-state index in [2.05, 4.69) is 41.5 Å². The molecule has 0 unspecified atom stereocenters. The summed E-state index contributed by atoms with van der Waals surface area (Å²) >= 11 is 3.35. The summed E-state index contributed by atoms with van der Waals surface area (Å²) in [5, 5.41) is 20.2. The normalized spacial score (nSPS) is 19.5. The van der Waals surface area contributed by atoms with Gasteiger partial charge in [0.05, 0.1) is 12.2 Å². The lowest BCUT2D eigenvalue weighted by molar-refractivity contribution is -0.00196. The largest absolute Gasteiger partial charge is 0.389 e. The predicted molar refractivity (Wildman–Crippen MR) is 92.4 cm³/mol. The molecule has 6 N–H and O–H groups in total. The second-order valence-corrected chi connectivity index (χ2v) is 10.8. The molecule has 4 atom stereocenters. The topological polar surface area (TPSA) is 92.5 Å². The molecule has 0 aromatic carbocycles. The molecule has 0 bridgehead atoms. The molecule has 0 aromatic rings. The zero-order valence-corrected chi connectivity index (χ0v) is 15.2. The lowest BCUT2D eigenvalue weighted by Gasteiger charge is -2.30. The van der Waals surface area contributed by atoms with Crippen LogP contribution in [-0.2, 0) is 0 Å². The molecule has 0 amide bonds. The summed E-state index contributed by atoms with van der Waals surface area (Å²) in [6.45, 7) is 12.6. The summed E-state index contributed by atoms with van der Waals surface area (Å²) in [6, 6.07) is -0.945. The summed E-state index contributed by atoms with van der Waals surface area (Å²) in [5.41, 5.74) is 11.9. The maximum absolute atomic E-state index is 10.1. The van der Waals surface area contributed by atoms with Crippen LogP contribution in [-0.4, -0.2) is 55.5 Å². The van der Waals surface area contributed by atoms with Gasteiger partial charge in [0.1, 0.15) is 0 Å². The fourth-order valence-electron chi connectivity index (χ4n) is 1.40. The van der Waals surface area contributed by atoms with Crippen molar-refractivity contribution < 1.29 is 10.2 Å². The van der Waals surface area contributed by atoms with Crippen LogP contribution in [0.1, 0.15) is 41.5 Å². The number of nitrogens with two attached hydrogens (primary N) is 2. The van der Waals surface area contributed by atoms with Gasteiger partial charge in [-0.2, -0.15) is 23.5 Å². The standard InChI is InChI=1S/C14H32N2O2S2/c1-13(2,3)19-7-9(15)11(17)12(18)10(16)8-20-14(4,5)6/h9-12,17-18H,7-8,15-16H2,1-6H3/t9-,10-,11+,12+/m0/s1. The molecule has 0 rings (SSSR count). The van der Waals surface area contributed by atoms with E-state index in [4.69, 9.17) is 11.5 Å². The van der Waals surface area contributed by atoms with Gasteiger partial charge in [-0.15, -0.1) is 0 Å². The summed E-state index contributed by atoms with van der Waals surface area (Å²) in [5.74, 6) is 1.20. The summed E-state index contributed by atoms with van der Waals surface area (Å²) < 4.78 is 0.180. The second kappa shape index (κ2) is 8.25. The molecular formula is C14H32N2O2S2. The van der Waals surface area contributed by atoms with E-state index in [9.17, 15) is 10.2 Å². The number of aliphatic hydroxyl groups excluding tert-OH is 2. The van der Waals surface area contributed by atoms with Crippen LogP contribution < -0.4 is 11.5 Å². The van der Waals surface area contributed by atoms with E-state index in [0.717, 1.165) is 0 Å². The van der Waals surface area contributed by atoms with Crippen molar-refractivity contribution in [1.82, 2.24) is 0 Å². The highest BCUT2D eigenvalue weighted by Gasteiger charge is 2.30. The van der Waals surface area contributed by atoms with Crippen LogP contribution in [0.5, 0.6) is 0 Å². The van der Waals surface area contributed by atoms with E-state index in [1.165, 1.54) is 0 Å². The molecule has 0 aromatic heterocycles. The number of rotatable bonds is 7. The van der Waals surface area contributed by atoms with Gasteiger partial charge in [0.25, 0.3) is 0 Å². The smallest absolute Gasteiger partial charge is 0.0973 e. The monoisotopic (exact) mass is 324 g/mol. The minimum atomic E-state index is -0.986. The lowest BCUT2D eigenvalue weighted by atomic mass is 10.0. The first-order chi connectivity index (χ1) is 8.83. The minimum Gasteiger partial charge on any atom is -0.389 e. The molecule has 0 saturated carbocycles. The van der Waals surface area contributed by atoms with Crippen molar-refractivity contribution in [3.05, 3.63) is 0 Å². The van der Waals surface area contributed by atoms with E-state index < -0.39 is 24.3 Å². The Morgan fingerprint density at radius 1 is 0.750 bits per heavy atom. The maximum Gasteiger partial charge on any atom is 0.0973 e. The van der Waals surface area contributed by atoms with E-state index in [1.807, 2.05) is 0 Å². The van der Waals surface area contributed by atoms with Crippen molar-refractivity contribution in [3.8, 4) is 0 Å². The highest BCUT2D eigenvalue weighted by Crippen LogP contribution is 2.26. The van der Waals surface area contributed by atoms with Crippen LogP contribution in [0.2, 0.25) is 0 Å². The SMILES string of the molecule is CC(C)(C)SC[C@H](N)[C@@H](O)[C@H](O)[C@@H](N)CSC(C)(C)C. The third-order valence-electron chi connectivity index (χ3n) is 2.64. The van der Waals surface area contributed by atoms with Crippen molar-refractivity contribution in [1.29, 1.82) is 0 Å². The van der Waals surface area contributed by atoms with Gasteiger partial charge in [-0.1, -0.05) is 41.5 Å². The van der Waals surface area contributed by atoms with Gasteiger partial charge in [-0.25, -0.2) is 0 Å². The first-order valence-electron chi connectivity index (χ1n) is 6.99. The second-order valence-electron chi connectivity index (χ2n) is 7.16. The highest BCUT2D eigenvalue weighted by molar-refractivity contribution is 8.00. The van der Waals surface area contributed by atoms with Crippen molar-refractivity contribution in [2.75, 3.05) is 11.5 Å². The van der Waals surface area contributed by atoms with Crippen LogP contribution in [0.15, 0.2) is 0 Å². The Hall–Kier alpha value is 0.540. The van der Waals surface area contributed by atoms with E-state index >= 15 is 0 Å². The van der Waals surface area contributed by atoms with Crippen molar-refractivity contribution in [3.63, 3.8) is 0 Å². The Balaban J connectivity index is 4.27. The van der Waals surface area contributed by atoms with Crippen LogP contribution >= 0.6 is 23.5 Å². The fourth-order valence-corrected chi connectivity index (χ4v) is 3.18. The molecule has 4 nitrogen and oxygen atoms in total. The third-order valence-corrected chi connectivity index (χ3v) is 5.48. The van der Waals surface area contributed by atoms with Gasteiger partial charge in [0.2, 0.25) is 0 Å². The van der Waals surface area contributed by atoms with Crippen LogP contribution in [0, 0.1) is 0 Å². The molecule has 0 fully saturated rings. The molecule has 0 aliphatic carbocycles. The van der Waals surface area contributed by atoms with Crippen LogP contribution in [0.25, 0.3) is 0 Å². The Morgan fingerprint density at radius 2 is 1.00 bits per heavy atom. The summed E-state index contributed by atoms with van der Waals surface area (Å²) in [6.07, 6.45) is -1.97. The Kier molecular flexibility index (Phi) is 8.47. The van der Waals surface area contributed by atoms with Crippen molar-refractivity contribution in [2.24, 2.45) is 11.5 Å². The molecule has 0 aliphatic heterocycles. The van der Waals surface area contributed by atoms with Crippen LogP contribution in [0.4, 0.5) is 0 Å². The zero-order chi connectivity index (χ0) is 16.1. The Labute approximate surface area is 132 Å². The van der Waals surface area contributed by atoms with E-state index in [-0.39, 0.29) is 9.49 Å². The fraction of sp³-hybridized carbons (Fsp3) is 1.00. The Bertz CT molecular complexity index is 249. The first kappa shape index (κ1) is 20.5. The number of thioether (sulfide) groups is 2. The molecule has 0 aliphatic rings. The average Bonchev–Trinajstić information content (AvgIpc) is 2.29. The number of hydrogen-bond donors (Lipinski definition) is 4. The Morgan fingerprint density at radius 3 is 1.20 bits per heavy atom. The third kappa shape index (κ3) is 9.47. The molecule has 0 saturated heterocycles. The van der Waals surface area contributed by atoms with Gasteiger partial charge in [0, 0.05) is 33.1 Å². The predicted octanol–water partition coefficient (Wildman–Crippen LogP) is 1.43. The van der Waals surface area contributed by atoms with Crippen molar-refractivity contribution >= 4 is 23.5 Å². The van der Waals surface area contributed by atoms with E-state index in [0.29, 0.717) is 11.5 Å². The van der Waals surface area contributed by atoms with Gasteiger partial charge >= 0.3 is 0 Å². The van der Waals surface area contributed by atoms with Gasteiger partial charge in [-0.05, 0) is 0 Å². The quantitative estimate of drug-likeness (QED) is 0.566. The minimum absolute atomic E-state index is 0.0898. The first-order valence-corrected chi connectivity index (χ1v) is 8.96. The van der Waals surface area contributed by atoms with Crippen molar-refractivity contribution in [2.45, 2.75) is 75.3 Å². The molecule has 6 heteroatoms. The summed E-state index contributed by atoms with van der Waals surface area (Å²) in [4.78, 5) is 0. The molecule has 0 spiro atoms. The summed E-state index contributed by atoms with van der Waals surface area (Å²) in [7, 11) is 0. The number of hydrogen-bond acceptors (Lipinski definition) is 6. The van der Waals surface area contributed by atoms with Gasteiger partial charge < -0.3 is 21.7 Å². The molecule has 0 radical (unpaired) electrons. The van der Waals surface area contributed by atoms with Crippen LogP contribution in [0.3, 0.4) is 0 Å².